The monoisotopic (exact) mass is 502 g/mol. The maximum atomic E-state index is 13.4. The van der Waals surface area contributed by atoms with E-state index in [-0.39, 0.29) is 23.7 Å². The van der Waals surface area contributed by atoms with Crippen LogP contribution in [0.4, 0.5) is 8.78 Å². The number of rotatable bonds is 12. The summed E-state index contributed by atoms with van der Waals surface area (Å²) in [6.45, 7) is 6.72. The molecule has 9 nitrogen and oxygen atoms in total. The van der Waals surface area contributed by atoms with Gasteiger partial charge in [-0.2, -0.15) is 17.2 Å². The molecule has 0 saturated heterocycles. The Bertz CT molecular complexity index is 796. The molecule has 2 bridgehead atoms. The molecule has 0 aromatic carbocycles. The van der Waals surface area contributed by atoms with Gasteiger partial charge in [-0.1, -0.05) is 27.7 Å². The van der Waals surface area contributed by atoms with Crippen LogP contribution in [-0.2, 0) is 24.4 Å². The fourth-order valence-electron chi connectivity index (χ4n) is 5.97. The van der Waals surface area contributed by atoms with E-state index in [0.717, 1.165) is 0 Å². The molecular formula is C21H36F2O9S. The number of carbonyl (C=O) groups excluding carboxylic acids is 1. The maximum absolute atomic E-state index is 13.4. The smallest absolute Gasteiger partial charge is 0.426 e. The van der Waals surface area contributed by atoms with Crippen LogP contribution in [0.1, 0.15) is 66.2 Å². The van der Waals surface area contributed by atoms with E-state index in [2.05, 4.69) is 4.74 Å². The summed E-state index contributed by atoms with van der Waals surface area (Å²) in [5.74, 6) is -2.05. The van der Waals surface area contributed by atoms with Gasteiger partial charge in [0.25, 0.3) is 6.29 Å². The van der Waals surface area contributed by atoms with E-state index in [1.54, 1.807) is 0 Å². The highest BCUT2D eigenvalue weighted by atomic mass is 32.2. The van der Waals surface area contributed by atoms with Crippen LogP contribution in [-0.4, -0.2) is 69.7 Å². The molecule has 0 amide bonds. The Morgan fingerprint density at radius 2 is 1.48 bits per heavy atom. The van der Waals surface area contributed by atoms with Crippen LogP contribution < -0.4 is 0 Å². The van der Waals surface area contributed by atoms with Crippen molar-refractivity contribution in [3.63, 3.8) is 0 Å². The maximum Gasteiger partial charge on any atom is 0.430 e. The van der Waals surface area contributed by atoms with E-state index in [1.807, 2.05) is 27.7 Å². The summed E-state index contributed by atoms with van der Waals surface area (Å²) < 4.78 is 66.2. The predicted molar refractivity (Wildman–Crippen MR) is 113 cm³/mol. The van der Waals surface area contributed by atoms with Crippen molar-refractivity contribution in [1.29, 1.82) is 0 Å². The second-order valence-corrected chi connectivity index (χ2v) is 10.8. The quantitative estimate of drug-likeness (QED) is 0.179. The highest BCUT2D eigenvalue weighted by molar-refractivity contribution is 7.86. The third kappa shape index (κ3) is 5.20. The molecule has 2 saturated carbocycles. The summed E-state index contributed by atoms with van der Waals surface area (Å²) >= 11 is 0. The normalized spacial score (nSPS) is 29.3. The SMILES string of the molecule is CCC(O)(CC)C1C2CC(OCC(=O)OC(O)C(F)(F)S(=O)(=O)O)C(C2)C1C(O)(CC)CC. The lowest BCUT2D eigenvalue weighted by Gasteiger charge is -2.50. The first-order valence-corrected chi connectivity index (χ1v) is 12.8. The van der Waals surface area contributed by atoms with Crippen molar-refractivity contribution in [3.05, 3.63) is 0 Å². The first kappa shape index (κ1) is 28.3. The number of carbonyl (C=O) groups is 1. The van der Waals surface area contributed by atoms with Gasteiger partial charge in [0.1, 0.15) is 6.61 Å². The van der Waals surface area contributed by atoms with E-state index in [0.29, 0.717) is 38.5 Å². The van der Waals surface area contributed by atoms with Gasteiger partial charge in [-0.25, -0.2) is 4.79 Å². The fourth-order valence-corrected chi connectivity index (χ4v) is 6.27. The number of aliphatic hydroxyl groups excluding tert-OH is 1. The molecule has 0 aromatic heterocycles. The highest BCUT2D eigenvalue weighted by Gasteiger charge is 2.63. The predicted octanol–water partition coefficient (Wildman–Crippen LogP) is 2.09. The zero-order valence-corrected chi connectivity index (χ0v) is 20.2. The van der Waals surface area contributed by atoms with E-state index in [9.17, 15) is 37.3 Å². The molecule has 2 aliphatic rings. The van der Waals surface area contributed by atoms with Gasteiger partial charge < -0.3 is 24.8 Å². The first-order chi connectivity index (χ1) is 15.1. The van der Waals surface area contributed by atoms with E-state index in [1.165, 1.54) is 0 Å². The van der Waals surface area contributed by atoms with Crippen molar-refractivity contribution in [1.82, 2.24) is 0 Å². The molecule has 6 unspecified atom stereocenters. The molecule has 0 heterocycles. The molecule has 0 radical (unpaired) electrons. The third-order valence-electron chi connectivity index (χ3n) is 7.92. The summed E-state index contributed by atoms with van der Waals surface area (Å²) in [5.41, 5.74) is -2.02. The van der Waals surface area contributed by atoms with Crippen LogP contribution in [0, 0.1) is 23.7 Å². The Hall–Kier alpha value is -0.920. The molecular weight excluding hydrogens is 466 g/mol. The summed E-state index contributed by atoms with van der Waals surface area (Å²) in [7, 11) is -5.99. The minimum absolute atomic E-state index is 0.0324. The summed E-state index contributed by atoms with van der Waals surface area (Å²) in [5, 5.41) is 26.9. The van der Waals surface area contributed by atoms with E-state index >= 15 is 0 Å². The molecule has 12 heteroatoms. The van der Waals surface area contributed by atoms with Crippen molar-refractivity contribution < 1.29 is 51.3 Å². The van der Waals surface area contributed by atoms with Crippen molar-refractivity contribution in [3.8, 4) is 0 Å². The topological polar surface area (TPSA) is 151 Å². The van der Waals surface area contributed by atoms with Gasteiger partial charge in [0, 0.05) is 0 Å². The number of ether oxygens (including phenoxy) is 2. The van der Waals surface area contributed by atoms with Crippen molar-refractivity contribution in [2.24, 2.45) is 23.7 Å². The first-order valence-electron chi connectivity index (χ1n) is 11.4. The molecule has 4 N–H and O–H groups in total. The minimum atomic E-state index is -5.99. The average Bonchev–Trinajstić information content (AvgIpc) is 3.34. The molecule has 33 heavy (non-hydrogen) atoms. The average molecular weight is 503 g/mol. The molecule has 0 aliphatic heterocycles. The number of esters is 1. The molecule has 2 fully saturated rings. The molecule has 6 atom stereocenters. The zero-order valence-electron chi connectivity index (χ0n) is 19.4. The lowest BCUT2D eigenvalue weighted by Crippen LogP contribution is -2.55. The zero-order chi connectivity index (χ0) is 25.4. The lowest BCUT2D eigenvalue weighted by molar-refractivity contribution is -0.212. The van der Waals surface area contributed by atoms with Crippen LogP contribution >= 0.6 is 0 Å². The Morgan fingerprint density at radius 1 is 1.00 bits per heavy atom. The van der Waals surface area contributed by atoms with Gasteiger partial charge in [-0.15, -0.1) is 0 Å². The molecule has 0 aromatic rings. The number of halogens is 2. The van der Waals surface area contributed by atoms with Gasteiger partial charge in [0.15, 0.2) is 0 Å². The van der Waals surface area contributed by atoms with E-state index < -0.39 is 51.5 Å². The fraction of sp³-hybridized carbons (Fsp3) is 0.952. The second-order valence-electron chi connectivity index (χ2n) is 9.30. The van der Waals surface area contributed by atoms with Gasteiger partial charge in [0.2, 0.25) is 0 Å². The third-order valence-corrected chi connectivity index (χ3v) is 8.81. The van der Waals surface area contributed by atoms with Gasteiger partial charge >= 0.3 is 21.3 Å². The van der Waals surface area contributed by atoms with Crippen LogP contribution in [0.25, 0.3) is 0 Å². The van der Waals surface area contributed by atoms with E-state index in [4.69, 9.17) is 9.29 Å². The standard InChI is InChI=1S/C21H36F2O9S/c1-5-19(26,6-2)16-12-9-13(17(16)20(27,7-3)8-4)14(10-12)31-11-15(24)32-18(25)21(22,23)33(28,29)30/h12-14,16-18,25-27H,5-11H2,1-4H3,(H,28,29,30). The van der Waals surface area contributed by atoms with Crippen LogP contribution in [0.3, 0.4) is 0 Å². The van der Waals surface area contributed by atoms with Gasteiger partial charge in [-0.3, -0.25) is 4.55 Å². The number of aliphatic hydroxyl groups is 3. The Labute approximate surface area is 193 Å². The number of hydrogen-bond donors (Lipinski definition) is 4. The van der Waals surface area contributed by atoms with Crippen LogP contribution in [0.15, 0.2) is 0 Å². The van der Waals surface area contributed by atoms with Crippen LogP contribution in [0.5, 0.6) is 0 Å². The largest absolute Gasteiger partial charge is 0.430 e. The Balaban J connectivity index is 2.14. The summed E-state index contributed by atoms with van der Waals surface area (Å²) in [4.78, 5) is 11.9. The van der Waals surface area contributed by atoms with Gasteiger partial charge in [0.05, 0.1) is 17.3 Å². The Kier molecular flexibility index (Phi) is 8.56. The molecule has 0 spiro atoms. The highest BCUT2D eigenvalue weighted by Crippen LogP contribution is 2.61. The Morgan fingerprint density at radius 3 is 1.94 bits per heavy atom. The molecule has 194 valence electrons. The minimum Gasteiger partial charge on any atom is -0.426 e. The number of hydrogen-bond acceptors (Lipinski definition) is 8. The molecule has 2 aliphatic carbocycles. The van der Waals surface area contributed by atoms with Crippen molar-refractivity contribution >= 4 is 16.1 Å². The summed E-state index contributed by atoms with van der Waals surface area (Å²) in [6.07, 6.45) is -0.769. The van der Waals surface area contributed by atoms with Crippen LogP contribution in [0.2, 0.25) is 0 Å². The summed E-state index contributed by atoms with van der Waals surface area (Å²) in [6, 6.07) is 0. The second kappa shape index (κ2) is 9.98. The number of alkyl halides is 2. The van der Waals surface area contributed by atoms with Crippen molar-refractivity contribution in [2.75, 3.05) is 6.61 Å². The molecule has 2 rings (SSSR count). The lowest BCUT2D eigenvalue weighted by atomic mass is 9.60. The number of fused-ring (bicyclic) bond motifs is 2. The van der Waals surface area contributed by atoms with Gasteiger partial charge in [-0.05, 0) is 62.2 Å². The van der Waals surface area contributed by atoms with Crippen molar-refractivity contribution in [2.45, 2.75) is 95.1 Å².